The van der Waals surface area contributed by atoms with Crippen molar-refractivity contribution >= 4 is 0 Å². The molecule has 0 aliphatic rings. The van der Waals surface area contributed by atoms with Crippen LogP contribution in [-0.4, -0.2) is 0 Å². The van der Waals surface area contributed by atoms with Crippen LogP contribution in [0.4, 0.5) is 0 Å². The molecule has 0 unspecified atom stereocenters. The summed E-state index contributed by atoms with van der Waals surface area (Å²) in [5.74, 6) is 1.35. The first-order valence-corrected chi connectivity index (χ1v) is 24.6. The SMILES string of the molecule is CC(C)CC(C)(C)CC(C)(C)CC(C)(C)CC(C)(C)CC(C)(C)CC(C)(C)CC(C)(C)C(C)(C)C(C)(C)C(C)(C)C(C)(C)C(C)(C)C(C)(C)C(C)(C)C(C)(C)C(C)C. The molecule has 0 radical (unpaired) electrons. The summed E-state index contributed by atoms with van der Waals surface area (Å²) in [5, 5.41) is 0. The largest absolute Gasteiger partial charge is 0.0628 e. The predicted molar refractivity (Wildman–Crippen MR) is 269 cm³/mol. The second kappa shape index (κ2) is 16.8. The predicted octanol–water partition coefficient (Wildman–Crippen LogP) is 20.4. The van der Waals surface area contributed by atoms with Crippen LogP contribution in [0.5, 0.6) is 0 Å². The highest BCUT2D eigenvalue weighted by molar-refractivity contribution is 5.15. The lowest BCUT2D eigenvalue weighted by atomic mass is 9.33. The molecule has 58 heavy (non-hydrogen) atoms. The minimum atomic E-state index is 0.0264. The van der Waals surface area contributed by atoms with Crippen LogP contribution in [0.15, 0.2) is 0 Å². The summed E-state index contributed by atoms with van der Waals surface area (Å²) in [5.41, 5.74) is 2.45. The maximum absolute atomic E-state index is 2.64. The molecule has 0 aliphatic carbocycles. The Morgan fingerprint density at radius 3 is 0.690 bits per heavy atom. The molecule has 0 rings (SSSR count). The van der Waals surface area contributed by atoms with Crippen molar-refractivity contribution in [3.63, 3.8) is 0 Å². The molecular formula is C58H118. The Balaban J connectivity index is 6.55. The number of hydrogen-bond acceptors (Lipinski definition) is 0. The first-order chi connectivity index (χ1) is 24.6. The van der Waals surface area contributed by atoms with Crippen LogP contribution in [-0.2, 0) is 0 Å². The van der Waals surface area contributed by atoms with Crippen molar-refractivity contribution in [2.75, 3.05) is 0 Å². The second-order valence-corrected chi connectivity index (χ2v) is 31.8. The molecule has 0 spiro atoms. The van der Waals surface area contributed by atoms with Gasteiger partial charge in [-0.3, -0.25) is 0 Å². The average molecular weight is 816 g/mol. The van der Waals surface area contributed by atoms with E-state index in [1.807, 2.05) is 0 Å². The molecule has 0 aromatic rings. The molecule has 0 N–H and O–H groups in total. The zero-order valence-corrected chi connectivity index (χ0v) is 47.6. The lowest BCUT2D eigenvalue weighted by Crippen LogP contribution is -2.65. The minimum absolute atomic E-state index is 0.0264. The normalized spacial score (nSPS) is 16.6. The Morgan fingerprint density at radius 1 is 0.241 bits per heavy atom. The van der Waals surface area contributed by atoms with Crippen molar-refractivity contribution in [2.24, 2.45) is 93.1 Å². The first kappa shape index (κ1) is 58.0. The highest BCUT2D eigenvalue weighted by Gasteiger charge is 2.67. The number of rotatable bonds is 23. The molecule has 0 aromatic heterocycles. The zero-order valence-electron chi connectivity index (χ0n) is 47.6. The van der Waals surface area contributed by atoms with Crippen molar-refractivity contribution < 1.29 is 0 Å². The Morgan fingerprint density at radius 2 is 0.448 bits per heavy atom. The molecule has 0 nitrogen and oxygen atoms in total. The lowest BCUT2D eigenvalue weighted by Gasteiger charge is -2.71. The molecule has 0 heteroatoms. The van der Waals surface area contributed by atoms with E-state index in [2.05, 4.69) is 235 Å². The standard InChI is InChI=1S/C58H118/c1-42(2)35-44(5,6)36-45(7,8)37-46(9,10)38-47(11,12)39-48(13,14)40-49(15,16)41-50(17,18)52(21,22)54(25,26)56(29,30)58(33,34)57(31,32)55(27,28)53(23,24)51(19,20)43(3)4/h42-43H,35-41H2,1-34H3. The molecule has 0 aliphatic heterocycles. The summed E-state index contributed by atoms with van der Waals surface area (Å²) >= 11 is 0. The van der Waals surface area contributed by atoms with Gasteiger partial charge in [-0.2, -0.15) is 0 Å². The summed E-state index contributed by atoms with van der Waals surface area (Å²) in [6.45, 7) is 87.2. The molecule has 0 bridgehead atoms. The van der Waals surface area contributed by atoms with E-state index in [1.54, 1.807) is 0 Å². The van der Waals surface area contributed by atoms with Crippen molar-refractivity contribution in [3.8, 4) is 0 Å². The third-order valence-electron chi connectivity index (χ3n) is 20.8. The van der Waals surface area contributed by atoms with Crippen molar-refractivity contribution in [1.82, 2.24) is 0 Å². The summed E-state index contributed by atoms with van der Waals surface area (Å²) < 4.78 is 0. The van der Waals surface area contributed by atoms with Gasteiger partial charge in [-0.05, 0) is 138 Å². The fourth-order valence-electron chi connectivity index (χ4n) is 15.7. The highest BCUT2D eigenvalue weighted by atomic mass is 14.7. The molecule has 350 valence electrons. The van der Waals surface area contributed by atoms with Crippen LogP contribution >= 0.6 is 0 Å². The first-order valence-electron chi connectivity index (χ1n) is 24.6. The van der Waals surface area contributed by atoms with Gasteiger partial charge >= 0.3 is 0 Å². The van der Waals surface area contributed by atoms with Crippen LogP contribution in [0.3, 0.4) is 0 Å². The van der Waals surface area contributed by atoms with Gasteiger partial charge in [0.2, 0.25) is 0 Å². The van der Waals surface area contributed by atoms with E-state index in [0.29, 0.717) is 22.2 Å². The third kappa shape index (κ3) is 12.0. The van der Waals surface area contributed by atoms with Gasteiger partial charge in [0.05, 0.1) is 0 Å². The molecular weight excluding hydrogens is 697 g/mol. The van der Waals surface area contributed by atoms with Crippen molar-refractivity contribution in [1.29, 1.82) is 0 Å². The van der Waals surface area contributed by atoms with Crippen molar-refractivity contribution in [2.45, 2.75) is 280 Å². The summed E-state index contributed by atoms with van der Waals surface area (Å²) in [6.07, 6.45) is 8.88. The minimum Gasteiger partial charge on any atom is -0.0628 e. The van der Waals surface area contributed by atoms with Crippen molar-refractivity contribution in [3.05, 3.63) is 0 Å². The van der Waals surface area contributed by atoms with Gasteiger partial charge in [-0.15, -0.1) is 0 Å². The summed E-state index contributed by atoms with van der Waals surface area (Å²) in [6, 6.07) is 0. The Labute approximate surface area is 372 Å². The molecule has 0 atom stereocenters. The fraction of sp³-hybridized carbons (Fsp3) is 1.00. The van der Waals surface area contributed by atoms with Gasteiger partial charge in [0.25, 0.3) is 0 Å². The van der Waals surface area contributed by atoms with Gasteiger partial charge in [-0.25, -0.2) is 0 Å². The Hall–Kier alpha value is 0. The van der Waals surface area contributed by atoms with Gasteiger partial charge in [0, 0.05) is 0 Å². The van der Waals surface area contributed by atoms with Crippen LogP contribution in [0, 0.1) is 93.1 Å². The lowest BCUT2D eigenvalue weighted by molar-refractivity contribution is -0.228. The average Bonchev–Trinajstić information content (AvgIpc) is 2.86. The van der Waals surface area contributed by atoms with E-state index in [1.165, 1.54) is 44.9 Å². The molecule has 0 fully saturated rings. The summed E-state index contributed by atoms with van der Waals surface area (Å²) in [4.78, 5) is 0. The molecule has 0 saturated heterocycles. The van der Waals surface area contributed by atoms with Crippen LogP contribution in [0.2, 0.25) is 0 Å². The maximum Gasteiger partial charge on any atom is -0.0241 e. The smallest absolute Gasteiger partial charge is 0.0241 e. The number of hydrogen-bond donors (Lipinski definition) is 0. The Kier molecular flexibility index (Phi) is 16.8. The van der Waals surface area contributed by atoms with Crippen LogP contribution < -0.4 is 0 Å². The van der Waals surface area contributed by atoms with Gasteiger partial charge < -0.3 is 0 Å². The Bertz CT molecular complexity index is 1310. The van der Waals surface area contributed by atoms with Gasteiger partial charge in [0.1, 0.15) is 0 Å². The van der Waals surface area contributed by atoms with E-state index >= 15 is 0 Å². The van der Waals surface area contributed by atoms with Crippen LogP contribution in [0.25, 0.3) is 0 Å². The third-order valence-corrected chi connectivity index (χ3v) is 20.8. The van der Waals surface area contributed by atoms with Gasteiger partial charge in [0.15, 0.2) is 0 Å². The molecule has 0 amide bonds. The van der Waals surface area contributed by atoms with E-state index in [4.69, 9.17) is 0 Å². The molecule has 0 aromatic carbocycles. The summed E-state index contributed by atoms with van der Waals surface area (Å²) in [7, 11) is 0. The van der Waals surface area contributed by atoms with Gasteiger partial charge in [-0.1, -0.05) is 235 Å². The molecule has 0 heterocycles. The topological polar surface area (TPSA) is 0 Å². The van der Waals surface area contributed by atoms with E-state index < -0.39 is 0 Å². The fourth-order valence-corrected chi connectivity index (χ4v) is 15.7. The van der Waals surface area contributed by atoms with Crippen LogP contribution in [0.1, 0.15) is 280 Å². The zero-order chi connectivity index (χ0) is 47.6. The van der Waals surface area contributed by atoms with E-state index in [0.717, 1.165) is 5.92 Å². The molecule has 0 saturated carbocycles. The second-order valence-electron chi connectivity index (χ2n) is 31.8. The van der Waals surface area contributed by atoms with E-state index in [9.17, 15) is 0 Å². The highest BCUT2D eigenvalue weighted by Crippen LogP contribution is 2.74. The van der Waals surface area contributed by atoms with E-state index in [-0.39, 0.29) is 65.0 Å². The maximum atomic E-state index is 2.64. The quantitative estimate of drug-likeness (QED) is 0.0964. The monoisotopic (exact) mass is 815 g/mol.